The Hall–Kier alpha value is -1.94. The first-order valence-corrected chi connectivity index (χ1v) is 42.0. The fourth-order valence-corrected chi connectivity index (χ4v) is 13.0. The summed E-state index contributed by atoms with van der Waals surface area (Å²) in [6.07, 6.45) is 53.9. The smallest absolute Gasteiger partial charge is 0.462 e. The van der Waals surface area contributed by atoms with Crippen molar-refractivity contribution in [3.05, 3.63) is 0 Å². The van der Waals surface area contributed by atoms with Gasteiger partial charge in [-0.3, -0.25) is 37.3 Å². The summed E-state index contributed by atoms with van der Waals surface area (Å²) >= 11 is 0. The van der Waals surface area contributed by atoms with E-state index in [1.807, 2.05) is 0 Å². The van der Waals surface area contributed by atoms with Crippen LogP contribution in [-0.4, -0.2) is 96.7 Å². The molecule has 0 fully saturated rings. The van der Waals surface area contributed by atoms with Gasteiger partial charge in [0.1, 0.15) is 19.3 Å². The molecule has 3 unspecified atom stereocenters. The van der Waals surface area contributed by atoms with Gasteiger partial charge in [-0.05, 0) is 37.5 Å². The van der Waals surface area contributed by atoms with Gasteiger partial charge in [-0.1, -0.05) is 337 Å². The number of ether oxygens (including phenoxy) is 4. The van der Waals surface area contributed by atoms with E-state index in [9.17, 15) is 43.2 Å². The number of hydrogen-bond acceptors (Lipinski definition) is 15. The van der Waals surface area contributed by atoms with Crippen LogP contribution >= 0.6 is 15.6 Å². The molecule has 0 amide bonds. The molecule has 17 nitrogen and oxygen atoms in total. The van der Waals surface area contributed by atoms with Gasteiger partial charge in [0.05, 0.1) is 26.4 Å². The van der Waals surface area contributed by atoms with Crippen LogP contribution in [0.2, 0.25) is 0 Å². The standard InChI is InChI=1S/C75H146O17P2/c1-7-10-12-14-16-18-20-23-27-35-41-47-53-59-74(79)91-70(63-85-72(77)57-51-45-39-33-19-17-15-13-11-8-2)65-89-93(81,82)87-61-69(76)62-88-94(83,84)90-66-71(64-86-73(78)58-52-46-40-34-30-29-32-38-44-50-56-68(6)9-3)92-75(80)60-54-48-42-36-28-25-22-21-24-26-31-37-43-49-55-67(4)5/h67-71,76H,7-66H2,1-6H3,(H,81,82)(H,83,84)/t68?,69-,70+,71+/m0/s1. The second-order valence-electron chi connectivity index (χ2n) is 27.8. The van der Waals surface area contributed by atoms with Gasteiger partial charge in [0.15, 0.2) is 12.2 Å². The zero-order valence-electron chi connectivity index (χ0n) is 61.3. The van der Waals surface area contributed by atoms with E-state index in [1.54, 1.807) is 0 Å². The van der Waals surface area contributed by atoms with Crippen molar-refractivity contribution in [1.29, 1.82) is 0 Å². The first-order chi connectivity index (χ1) is 45.4. The number of carbonyl (C=O) groups excluding carboxylic acids is 4. The molecule has 0 aromatic carbocycles. The first-order valence-electron chi connectivity index (χ1n) is 39.0. The molecule has 6 atom stereocenters. The highest BCUT2D eigenvalue weighted by molar-refractivity contribution is 7.47. The Labute approximate surface area is 575 Å². The van der Waals surface area contributed by atoms with Gasteiger partial charge in [-0.2, -0.15) is 0 Å². The van der Waals surface area contributed by atoms with Crippen molar-refractivity contribution in [1.82, 2.24) is 0 Å². The van der Waals surface area contributed by atoms with E-state index in [1.165, 1.54) is 205 Å². The summed E-state index contributed by atoms with van der Waals surface area (Å²) < 4.78 is 68.5. The maximum Gasteiger partial charge on any atom is 0.472 e. The van der Waals surface area contributed by atoms with Crippen LogP contribution in [0, 0.1) is 11.8 Å². The van der Waals surface area contributed by atoms with E-state index in [-0.39, 0.29) is 25.7 Å². The van der Waals surface area contributed by atoms with Crippen molar-refractivity contribution in [2.24, 2.45) is 11.8 Å². The van der Waals surface area contributed by atoms with E-state index < -0.39 is 97.5 Å². The number of aliphatic hydroxyl groups is 1. The average molecular weight is 1380 g/mol. The third-order valence-electron chi connectivity index (χ3n) is 17.8. The Balaban J connectivity index is 5.25. The van der Waals surface area contributed by atoms with Gasteiger partial charge in [0.25, 0.3) is 0 Å². The number of hydrogen-bond donors (Lipinski definition) is 3. The highest BCUT2D eigenvalue weighted by atomic mass is 31.2. The molecule has 0 heterocycles. The summed E-state index contributed by atoms with van der Waals surface area (Å²) in [7, 11) is -9.91. The highest BCUT2D eigenvalue weighted by Crippen LogP contribution is 2.45. The molecule has 0 spiro atoms. The van der Waals surface area contributed by atoms with Crippen LogP contribution in [0.3, 0.4) is 0 Å². The number of phosphoric ester groups is 2. The van der Waals surface area contributed by atoms with Crippen molar-refractivity contribution in [2.45, 2.75) is 407 Å². The monoisotopic (exact) mass is 1380 g/mol. The second-order valence-corrected chi connectivity index (χ2v) is 30.7. The predicted molar refractivity (Wildman–Crippen MR) is 381 cm³/mol. The molecule has 0 radical (unpaired) electrons. The van der Waals surface area contributed by atoms with Crippen molar-refractivity contribution >= 4 is 39.5 Å². The highest BCUT2D eigenvalue weighted by Gasteiger charge is 2.30. The van der Waals surface area contributed by atoms with Crippen LogP contribution in [0.1, 0.15) is 388 Å². The molecule has 0 aromatic heterocycles. The van der Waals surface area contributed by atoms with E-state index in [0.717, 1.165) is 102 Å². The van der Waals surface area contributed by atoms with Crippen LogP contribution in [0.15, 0.2) is 0 Å². The van der Waals surface area contributed by atoms with Crippen molar-refractivity contribution in [2.75, 3.05) is 39.6 Å². The molecule has 558 valence electrons. The summed E-state index contributed by atoms with van der Waals surface area (Å²) in [6.45, 7) is 9.64. The number of unbranched alkanes of at least 4 members (excludes halogenated alkanes) is 43. The SMILES string of the molecule is CCCCCCCCCCCCCCCC(=O)O[C@H](COC(=O)CCCCCCCCCCCC)COP(=O)(O)OC[C@H](O)COP(=O)(O)OC[C@@H](COC(=O)CCCCCCCCCCCCC(C)CC)OC(=O)CCCCCCCCCCCCCCCCC(C)C. The average Bonchev–Trinajstić information content (AvgIpc) is 1.57. The van der Waals surface area contributed by atoms with E-state index in [4.69, 9.17) is 37.0 Å². The molecule has 3 N–H and O–H groups in total. The van der Waals surface area contributed by atoms with Crippen LogP contribution in [0.5, 0.6) is 0 Å². The maximum absolute atomic E-state index is 13.1. The largest absolute Gasteiger partial charge is 0.472 e. The first kappa shape index (κ1) is 92.1. The summed E-state index contributed by atoms with van der Waals surface area (Å²) in [6, 6.07) is 0. The molecule has 0 aliphatic carbocycles. The normalized spacial score (nSPS) is 14.3. The Morgan fingerprint density at radius 2 is 0.543 bits per heavy atom. The predicted octanol–water partition coefficient (Wildman–Crippen LogP) is 21.9. The quantitative estimate of drug-likeness (QED) is 0.0222. The van der Waals surface area contributed by atoms with Crippen LogP contribution in [0.25, 0.3) is 0 Å². The van der Waals surface area contributed by atoms with Gasteiger partial charge < -0.3 is 33.8 Å². The summed E-state index contributed by atoms with van der Waals surface area (Å²) in [4.78, 5) is 72.8. The third-order valence-corrected chi connectivity index (χ3v) is 19.7. The van der Waals surface area contributed by atoms with Crippen LogP contribution < -0.4 is 0 Å². The van der Waals surface area contributed by atoms with Gasteiger partial charge in [0.2, 0.25) is 0 Å². The summed E-state index contributed by atoms with van der Waals surface area (Å²) in [5.41, 5.74) is 0. The third kappa shape index (κ3) is 67.3. The lowest BCUT2D eigenvalue weighted by Gasteiger charge is -2.21. The zero-order chi connectivity index (χ0) is 69.3. The lowest BCUT2D eigenvalue weighted by molar-refractivity contribution is -0.161. The molecule has 0 aliphatic heterocycles. The number of carbonyl (C=O) groups is 4. The van der Waals surface area contributed by atoms with E-state index >= 15 is 0 Å². The number of aliphatic hydroxyl groups excluding tert-OH is 1. The Kier molecular flexibility index (Phi) is 65.5. The van der Waals surface area contributed by atoms with Gasteiger partial charge in [-0.25, -0.2) is 9.13 Å². The van der Waals surface area contributed by atoms with E-state index in [0.29, 0.717) is 25.7 Å². The fourth-order valence-electron chi connectivity index (χ4n) is 11.4. The molecule has 0 saturated heterocycles. The minimum absolute atomic E-state index is 0.107. The zero-order valence-corrected chi connectivity index (χ0v) is 63.1. The molecular weight excluding hydrogens is 1230 g/mol. The second kappa shape index (κ2) is 66.9. The van der Waals surface area contributed by atoms with Gasteiger partial charge >= 0.3 is 39.5 Å². The minimum atomic E-state index is -4.96. The number of esters is 4. The molecule has 0 saturated carbocycles. The lowest BCUT2D eigenvalue weighted by Crippen LogP contribution is -2.30. The minimum Gasteiger partial charge on any atom is -0.462 e. The maximum atomic E-state index is 13.1. The molecule has 19 heteroatoms. The molecule has 0 aromatic rings. The van der Waals surface area contributed by atoms with Gasteiger partial charge in [0, 0.05) is 25.7 Å². The summed E-state index contributed by atoms with van der Waals surface area (Å²) in [5.74, 6) is -0.510. The number of rotatable bonds is 74. The Morgan fingerprint density at radius 1 is 0.309 bits per heavy atom. The molecule has 0 bridgehead atoms. The van der Waals surface area contributed by atoms with Crippen LogP contribution in [0.4, 0.5) is 0 Å². The lowest BCUT2D eigenvalue weighted by atomic mass is 9.99. The fraction of sp³-hybridized carbons (Fsp3) is 0.947. The van der Waals surface area contributed by atoms with Crippen molar-refractivity contribution < 1.29 is 80.2 Å². The van der Waals surface area contributed by atoms with Crippen molar-refractivity contribution in [3.63, 3.8) is 0 Å². The van der Waals surface area contributed by atoms with Crippen LogP contribution in [-0.2, 0) is 65.4 Å². The topological polar surface area (TPSA) is 237 Å². The van der Waals surface area contributed by atoms with E-state index in [2.05, 4.69) is 41.5 Å². The molecule has 0 rings (SSSR count). The summed E-state index contributed by atoms with van der Waals surface area (Å²) in [5, 5.41) is 10.6. The molecule has 0 aliphatic rings. The molecule has 94 heavy (non-hydrogen) atoms. The Morgan fingerprint density at radius 3 is 0.809 bits per heavy atom. The number of phosphoric acid groups is 2. The molecular formula is C75H146O17P2. The van der Waals surface area contributed by atoms with Crippen molar-refractivity contribution in [3.8, 4) is 0 Å². The Bertz CT molecular complexity index is 1820. The van der Waals surface area contributed by atoms with Gasteiger partial charge in [-0.15, -0.1) is 0 Å².